The summed E-state index contributed by atoms with van der Waals surface area (Å²) in [7, 11) is 0. The third kappa shape index (κ3) is 7.08. The fourth-order valence-corrected chi connectivity index (χ4v) is 6.61. The van der Waals surface area contributed by atoms with E-state index in [4.69, 9.17) is 37.9 Å². The number of allylic oxidation sites excluding steroid dienone is 1. The summed E-state index contributed by atoms with van der Waals surface area (Å²) in [6.45, 7) is 6.72. The number of ether oxygens (including phenoxy) is 8. The molecule has 0 saturated carbocycles. The zero-order valence-electron chi connectivity index (χ0n) is 25.1. The van der Waals surface area contributed by atoms with Crippen LogP contribution in [0.3, 0.4) is 0 Å². The van der Waals surface area contributed by atoms with Crippen LogP contribution >= 0.6 is 0 Å². The average Bonchev–Trinajstić information content (AvgIpc) is 3.05. The number of hydrogen-bond acceptors (Lipinski definition) is 8. The molecule has 7 atom stereocenters. The van der Waals surface area contributed by atoms with Crippen LogP contribution in [0.4, 0.5) is 0 Å². The van der Waals surface area contributed by atoms with Crippen LogP contribution in [0.25, 0.3) is 0 Å². The van der Waals surface area contributed by atoms with Gasteiger partial charge in [-0.1, -0.05) is 66.7 Å². The lowest BCUT2D eigenvalue weighted by atomic mass is 9.86. The maximum atomic E-state index is 7.14. The molecule has 2 aromatic rings. The number of unbranched alkanes of at least 4 members (excludes halogenated alkanes) is 1. The van der Waals surface area contributed by atoms with Gasteiger partial charge >= 0.3 is 0 Å². The van der Waals surface area contributed by atoms with E-state index < -0.39 is 42.3 Å². The van der Waals surface area contributed by atoms with Crippen molar-refractivity contribution in [2.75, 3.05) is 26.4 Å². The Balaban J connectivity index is 1.29. The van der Waals surface area contributed by atoms with Crippen molar-refractivity contribution in [3.63, 3.8) is 0 Å². The maximum Gasteiger partial charge on any atom is 0.224 e. The number of fused-ring (bicyclic) bond motifs is 2. The Hall–Kier alpha value is -2.14. The first kappa shape index (κ1) is 30.9. The highest BCUT2D eigenvalue weighted by atomic mass is 16.8. The van der Waals surface area contributed by atoms with E-state index in [1.807, 2.05) is 42.5 Å². The van der Waals surface area contributed by atoms with Gasteiger partial charge in [0.2, 0.25) is 11.6 Å². The maximum absolute atomic E-state index is 7.14. The van der Waals surface area contributed by atoms with E-state index in [9.17, 15) is 0 Å². The Kier molecular flexibility index (Phi) is 10.6. The zero-order valence-corrected chi connectivity index (χ0v) is 25.1. The smallest absolute Gasteiger partial charge is 0.224 e. The third-order valence-corrected chi connectivity index (χ3v) is 8.81. The minimum Gasteiger partial charge on any atom is -0.374 e. The molecule has 4 fully saturated rings. The standard InChI is InChI=1S/C35H46O8/c1-2-3-12-21-37-33-32-31(42-34(19-10-13-22-39-34)35(43-32)20-11-14-23-40-35)30(38-25-28-17-8-5-9-18-28)29(41-33)26-36-24-27-15-6-4-7-16-27/h2,4-9,15-18,29-33H,1,3,10-14,19-26H2/t29-,30-,31+,32-,33-,34-,35-/m1/s1. The van der Waals surface area contributed by atoms with Crippen LogP contribution in [-0.2, 0) is 51.1 Å². The summed E-state index contributed by atoms with van der Waals surface area (Å²) >= 11 is 0. The third-order valence-electron chi connectivity index (χ3n) is 8.81. The fraction of sp³-hybridized carbons (Fsp3) is 0.600. The molecule has 43 heavy (non-hydrogen) atoms. The highest BCUT2D eigenvalue weighted by Crippen LogP contribution is 2.52. The molecule has 4 aliphatic rings. The molecule has 0 radical (unpaired) electrons. The van der Waals surface area contributed by atoms with Gasteiger partial charge in [0.1, 0.15) is 24.4 Å². The molecule has 8 heteroatoms. The van der Waals surface area contributed by atoms with E-state index >= 15 is 0 Å². The van der Waals surface area contributed by atoms with Gasteiger partial charge in [0.15, 0.2) is 6.29 Å². The molecule has 234 valence electrons. The molecule has 4 heterocycles. The molecule has 2 spiro atoms. The Morgan fingerprint density at radius 3 is 2.00 bits per heavy atom. The second-order valence-corrected chi connectivity index (χ2v) is 11.9. The molecule has 8 nitrogen and oxygen atoms in total. The molecule has 4 aliphatic heterocycles. The molecule has 0 N–H and O–H groups in total. The molecule has 4 saturated heterocycles. The van der Waals surface area contributed by atoms with Crippen molar-refractivity contribution in [1.82, 2.24) is 0 Å². The van der Waals surface area contributed by atoms with Gasteiger partial charge in [-0.15, -0.1) is 6.58 Å². The summed E-state index contributed by atoms with van der Waals surface area (Å²) in [6, 6.07) is 20.3. The van der Waals surface area contributed by atoms with Crippen LogP contribution in [0.1, 0.15) is 62.5 Å². The molecule has 6 rings (SSSR count). The first-order valence-electron chi connectivity index (χ1n) is 16.0. The molecule has 0 aliphatic carbocycles. The quantitative estimate of drug-likeness (QED) is 0.217. The number of rotatable bonds is 12. The van der Waals surface area contributed by atoms with Gasteiger partial charge < -0.3 is 37.9 Å². The fourth-order valence-electron chi connectivity index (χ4n) is 6.61. The van der Waals surface area contributed by atoms with Gasteiger partial charge in [-0.3, -0.25) is 0 Å². The van der Waals surface area contributed by atoms with Gasteiger partial charge in [0.05, 0.1) is 39.6 Å². The SMILES string of the molecule is C=CCCCO[C@@H]1O[C@H](COCc2ccccc2)[C@@H](OCc2ccccc2)[C@@H]2O[C@]3(CCCCO3)[C@@]3(CCCCO3)O[C@@H]12. The number of hydrogen-bond donors (Lipinski definition) is 0. The van der Waals surface area contributed by atoms with Crippen LogP contribution in [0.2, 0.25) is 0 Å². The van der Waals surface area contributed by atoms with Crippen molar-refractivity contribution >= 4 is 0 Å². The highest BCUT2D eigenvalue weighted by Gasteiger charge is 2.67. The van der Waals surface area contributed by atoms with Crippen molar-refractivity contribution < 1.29 is 37.9 Å². The number of benzene rings is 2. The Morgan fingerprint density at radius 2 is 1.40 bits per heavy atom. The lowest BCUT2D eigenvalue weighted by molar-refractivity contribution is -0.510. The first-order valence-corrected chi connectivity index (χ1v) is 16.0. The average molecular weight is 595 g/mol. The van der Waals surface area contributed by atoms with Crippen LogP contribution in [0.5, 0.6) is 0 Å². The summed E-state index contributed by atoms with van der Waals surface area (Å²) in [5.74, 6) is -2.03. The Morgan fingerprint density at radius 1 is 0.767 bits per heavy atom. The summed E-state index contributed by atoms with van der Waals surface area (Å²) in [5.41, 5.74) is 2.16. The van der Waals surface area contributed by atoms with E-state index in [0.29, 0.717) is 52.5 Å². The van der Waals surface area contributed by atoms with Crippen LogP contribution in [-0.4, -0.2) is 68.7 Å². The monoisotopic (exact) mass is 594 g/mol. The first-order chi connectivity index (χ1) is 21.2. The minimum absolute atomic E-state index is 0.308. The predicted octanol–water partition coefficient (Wildman–Crippen LogP) is 6.07. The topological polar surface area (TPSA) is 73.8 Å². The van der Waals surface area contributed by atoms with Gasteiger partial charge in [0.25, 0.3) is 0 Å². The Bertz CT molecular complexity index is 1120. The molecule has 0 bridgehead atoms. The minimum atomic E-state index is -1.01. The highest BCUT2D eigenvalue weighted by molar-refractivity contribution is 5.15. The van der Waals surface area contributed by atoms with E-state index in [0.717, 1.165) is 49.7 Å². The van der Waals surface area contributed by atoms with Crippen molar-refractivity contribution in [2.24, 2.45) is 0 Å². The van der Waals surface area contributed by atoms with Crippen LogP contribution < -0.4 is 0 Å². The van der Waals surface area contributed by atoms with Gasteiger partial charge in [-0.25, -0.2) is 0 Å². The van der Waals surface area contributed by atoms with Crippen molar-refractivity contribution in [3.8, 4) is 0 Å². The largest absolute Gasteiger partial charge is 0.374 e. The summed E-state index contributed by atoms with van der Waals surface area (Å²) in [5, 5.41) is 0. The van der Waals surface area contributed by atoms with Crippen LogP contribution in [0.15, 0.2) is 73.3 Å². The van der Waals surface area contributed by atoms with Crippen molar-refractivity contribution in [1.29, 1.82) is 0 Å². The lowest BCUT2D eigenvalue weighted by Crippen LogP contribution is -2.76. The van der Waals surface area contributed by atoms with E-state index in [2.05, 4.69) is 30.8 Å². The van der Waals surface area contributed by atoms with Gasteiger partial charge in [-0.2, -0.15) is 0 Å². The van der Waals surface area contributed by atoms with E-state index in [1.54, 1.807) is 0 Å². The van der Waals surface area contributed by atoms with E-state index in [-0.39, 0.29) is 0 Å². The van der Waals surface area contributed by atoms with Crippen molar-refractivity contribution in [2.45, 2.75) is 107 Å². The molecule has 0 aromatic heterocycles. The molecule has 0 amide bonds. The summed E-state index contributed by atoms with van der Waals surface area (Å²) in [4.78, 5) is 0. The van der Waals surface area contributed by atoms with Gasteiger partial charge in [0, 0.05) is 12.8 Å². The molecular formula is C35H46O8. The molecule has 0 unspecified atom stereocenters. The van der Waals surface area contributed by atoms with Gasteiger partial charge in [-0.05, 0) is 49.7 Å². The predicted molar refractivity (Wildman–Crippen MR) is 160 cm³/mol. The van der Waals surface area contributed by atoms with E-state index in [1.165, 1.54) is 0 Å². The zero-order chi connectivity index (χ0) is 29.4. The van der Waals surface area contributed by atoms with Crippen molar-refractivity contribution in [3.05, 3.63) is 84.4 Å². The lowest BCUT2D eigenvalue weighted by Gasteiger charge is -2.61. The molecular weight excluding hydrogens is 548 g/mol. The summed E-state index contributed by atoms with van der Waals surface area (Å²) in [6.07, 6.45) is 6.19. The second-order valence-electron chi connectivity index (χ2n) is 11.9. The van der Waals surface area contributed by atoms with Crippen LogP contribution in [0, 0.1) is 0 Å². The second kappa shape index (κ2) is 14.8. The molecule has 2 aromatic carbocycles. The normalized spacial score (nSPS) is 34.2. The Labute approximate surface area is 255 Å². The summed E-state index contributed by atoms with van der Waals surface area (Å²) < 4.78 is 53.2.